The lowest BCUT2D eigenvalue weighted by atomic mass is 10.0. The first-order valence-corrected chi connectivity index (χ1v) is 49.1. The van der Waals surface area contributed by atoms with Crippen LogP contribution >= 0.6 is 15.6 Å². The summed E-state index contributed by atoms with van der Waals surface area (Å²) < 4.78 is 61.4. The topological polar surface area (TPSA) is 231 Å². The second-order valence-electron chi connectivity index (χ2n) is 30.3. The van der Waals surface area contributed by atoms with Crippen molar-refractivity contribution < 1.29 is 75.8 Å². The lowest BCUT2D eigenvalue weighted by Gasteiger charge is -2.21. The van der Waals surface area contributed by atoms with Crippen molar-refractivity contribution >= 4 is 33.6 Å². The number of phosphoric ester groups is 2. The maximum Gasteiger partial charge on any atom is 0.472 e. The molecule has 0 aliphatic carbocycles. The zero-order valence-corrected chi connectivity index (χ0v) is 75.4. The summed E-state index contributed by atoms with van der Waals surface area (Å²) >= 11 is 0. The molecule has 5 unspecified atom stereocenters. The average Bonchev–Trinajstić information content (AvgIpc) is 0.874. The summed E-state index contributed by atoms with van der Waals surface area (Å²) in [6.07, 6.45) is 118. The number of phosphoric acid groups is 2. The van der Waals surface area contributed by atoms with E-state index in [4.69, 9.17) is 32.3 Å². The number of ether oxygens (including phenoxy) is 3. The molecule has 0 heterocycles. The first-order valence-electron chi connectivity index (χ1n) is 46.1. The second kappa shape index (κ2) is 89.9. The van der Waals surface area contributed by atoms with E-state index in [9.17, 15) is 43.5 Å². The molecule has 0 saturated carbocycles. The molecule has 0 spiro atoms. The summed E-state index contributed by atoms with van der Waals surface area (Å²) in [5, 5.41) is 20.7. The standard InChI is InChI=1S/C99H166O16P2/c1-4-7-10-13-16-19-22-25-28-30-32-34-36-38-40-42-44-46-48-50-52-54-56-58-60-62-65-67-70-73-76-79-82-85-97(102)109-88-94(100)89-111-116(105,106)112-90-95(101)91-113-117(107,108)114-93-96(115-99(104)87-84-81-78-75-72-69-64-27-24-21-18-15-12-9-6-3)92-110-98(103)86-83-80-77-74-71-68-66-63-61-59-57-55-53-51-49-47-45-43-41-39-37-35-33-31-29-26-23-20-17-14-11-8-5-2/h7-12,16-21,25-29,32-35,38-41,44-47,64,94-96,100-101H,4-6,13-15,22-24,30-31,36-37,42-43,48-63,65-93H2,1-3H3,(H,105,106)(H,107,108)/b10-7-,11-8-,12-9-,19-16-,20-17-,21-18-,28-25-,29-26-,34-32-,35-33-,40-38-,41-39-,46-44-,47-45-,64-27-. The van der Waals surface area contributed by atoms with Crippen molar-refractivity contribution in [2.45, 2.75) is 386 Å². The van der Waals surface area contributed by atoms with E-state index in [1.54, 1.807) is 0 Å². The summed E-state index contributed by atoms with van der Waals surface area (Å²) in [5.74, 6) is -1.59. The van der Waals surface area contributed by atoms with Crippen LogP contribution in [0.4, 0.5) is 0 Å². The van der Waals surface area contributed by atoms with Gasteiger partial charge in [-0.25, -0.2) is 9.13 Å². The van der Waals surface area contributed by atoms with Crippen LogP contribution in [0.2, 0.25) is 0 Å². The Morgan fingerprint density at radius 1 is 0.239 bits per heavy atom. The fraction of sp³-hybridized carbons (Fsp3) is 0.667. The molecule has 0 aromatic carbocycles. The first kappa shape index (κ1) is 112. The quantitative estimate of drug-likeness (QED) is 0.0146. The molecule has 0 amide bonds. The van der Waals surface area contributed by atoms with Gasteiger partial charge in [0.2, 0.25) is 0 Å². The second-order valence-corrected chi connectivity index (χ2v) is 33.2. The zero-order chi connectivity index (χ0) is 85.1. The number of aliphatic hydroxyl groups is 2. The number of allylic oxidation sites excluding steroid dienone is 30. The number of carbonyl (C=O) groups excluding carboxylic acids is 3. The number of unbranched alkanes of at least 4 members (excludes halogenated alkanes) is 33. The third kappa shape index (κ3) is 91.2. The lowest BCUT2D eigenvalue weighted by Crippen LogP contribution is -2.30. The molecule has 0 fully saturated rings. The monoisotopic (exact) mass is 1670 g/mol. The molecule has 117 heavy (non-hydrogen) atoms. The van der Waals surface area contributed by atoms with Crippen LogP contribution in [0, 0.1) is 0 Å². The molecule has 5 atom stereocenters. The normalized spacial score (nSPS) is 14.6. The highest BCUT2D eigenvalue weighted by atomic mass is 31.2. The van der Waals surface area contributed by atoms with Crippen LogP contribution in [0.15, 0.2) is 182 Å². The van der Waals surface area contributed by atoms with Crippen LogP contribution in [-0.2, 0) is 55.8 Å². The van der Waals surface area contributed by atoms with Gasteiger partial charge in [0, 0.05) is 19.3 Å². The van der Waals surface area contributed by atoms with E-state index >= 15 is 0 Å². The summed E-state index contributed by atoms with van der Waals surface area (Å²) in [4.78, 5) is 58.9. The van der Waals surface area contributed by atoms with Gasteiger partial charge in [-0.3, -0.25) is 32.5 Å². The summed E-state index contributed by atoms with van der Waals surface area (Å²) in [5.41, 5.74) is 0. The number of esters is 3. The van der Waals surface area contributed by atoms with E-state index in [1.807, 2.05) is 0 Å². The molecule has 18 heteroatoms. The molecular formula is C99H166O16P2. The minimum absolute atomic E-state index is 0.0817. The lowest BCUT2D eigenvalue weighted by molar-refractivity contribution is -0.161. The largest absolute Gasteiger partial charge is 0.472 e. The highest BCUT2D eigenvalue weighted by Crippen LogP contribution is 2.45. The highest BCUT2D eigenvalue weighted by molar-refractivity contribution is 7.47. The summed E-state index contributed by atoms with van der Waals surface area (Å²) in [6.45, 7) is 2.35. The van der Waals surface area contributed by atoms with Crippen LogP contribution in [0.3, 0.4) is 0 Å². The highest BCUT2D eigenvalue weighted by Gasteiger charge is 2.29. The third-order valence-electron chi connectivity index (χ3n) is 19.1. The Labute approximate surface area is 713 Å². The van der Waals surface area contributed by atoms with Gasteiger partial charge >= 0.3 is 33.6 Å². The van der Waals surface area contributed by atoms with Crippen molar-refractivity contribution in [3.63, 3.8) is 0 Å². The Balaban J connectivity index is 4.47. The maximum absolute atomic E-state index is 13.0. The Morgan fingerprint density at radius 3 is 0.675 bits per heavy atom. The molecule has 0 aromatic rings. The molecule has 0 radical (unpaired) electrons. The van der Waals surface area contributed by atoms with E-state index < -0.39 is 91.5 Å². The Morgan fingerprint density at radius 2 is 0.427 bits per heavy atom. The summed E-state index contributed by atoms with van der Waals surface area (Å²) in [7, 11) is -9.81. The van der Waals surface area contributed by atoms with Crippen molar-refractivity contribution in [3.8, 4) is 0 Å². The van der Waals surface area contributed by atoms with Crippen molar-refractivity contribution in [3.05, 3.63) is 182 Å². The fourth-order valence-corrected chi connectivity index (χ4v) is 13.8. The summed E-state index contributed by atoms with van der Waals surface area (Å²) in [6, 6.07) is 0. The smallest absolute Gasteiger partial charge is 0.463 e. The van der Waals surface area contributed by atoms with Gasteiger partial charge in [-0.15, -0.1) is 0 Å². The van der Waals surface area contributed by atoms with Gasteiger partial charge in [-0.1, -0.05) is 376 Å². The van der Waals surface area contributed by atoms with E-state index in [0.717, 1.165) is 186 Å². The van der Waals surface area contributed by atoms with E-state index in [-0.39, 0.29) is 19.3 Å². The van der Waals surface area contributed by atoms with E-state index in [1.165, 1.54) is 122 Å². The van der Waals surface area contributed by atoms with Gasteiger partial charge in [0.15, 0.2) is 6.10 Å². The van der Waals surface area contributed by atoms with Crippen molar-refractivity contribution in [1.82, 2.24) is 0 Å². The van der Waals surface area contributed by atoms with Gasteiger partial charge < -0.3 is 34.2 Å². The Kier molecular flexibility index (Phi) is 85.8. The van der Waals surface area contributed by atoms with Gasteiger partial charge in [0.1, 0.15) is 25.4 Å². The van der Waals surface area contributed by atoms with Crippen LogP contribution in [0.5, 0.6) is 0 Å². The predicted molar refractivity (Wildman–Crippen MR) is 491 cm³/mol. The molecule has 4 N–H and O–H groups in total. The number of hydrogen-bond acceptors (Lipinski definition) is 14. The third-order valence-corrected chi connectivity index (χ3v) is 21.0. The molecule has 0 saturated heterocycles. The zero-order valence-electron chi connectivity index (χ0n) is 73.6. The van der Waals surface area contributed by atoms with Crippen molar-refractivity contribution in [2.24, 2.45) is 0 Å². The van der Waals surface area contributed by atoms with Crippen molar-refractivity contribution in [1.29, 1.82) is 0 Å². The van der Waals surface area contributed by atoms with Crippen LogP contribution < -0.4 is 0 Å². The van der Waals surface area contributed by atoms with Crippen molar-refractivity contribution in [2.75, 3.05) is 39.6 Å². The maximum atomic E-state index is 13.0. The number of aliphatic hydroxyl groups excluding tert-OH is 2. The minimum Gasteiger partial charge on any atom is -0.463 e. The minimum atomic E-state index is -4.95. The van der Waals surface area contributed by atoms with Gasteiger partial charge in [-0.2, -0.15) is 0 Å². The number of rotatable bonds is 86. The molecule has 0 aromatic heterocycles. The molecule has 668 valence electrons. The van der Waals surface area contributed by atoms with Gasteiger partial charge in [0.25, 0.3) is 0 Å². The van der Waals surface area contributed by atoms with Crippen LogP contribution in [0.1, 0.15) is 367 Å². The fourth-order valence-electron chi connectivity index (χ4n) is 12.2. The molecule has 0 aliphatic heterocycles. The number of hydrogen-bond donors (Lipinski definition) is 4. The van der Waals surface area contributed by atoms with E-state index in [0.29, 0.717) is 19.3 Å². The molecule has 16 nitrogen and oxygen atoms in total. The first-order chi connectivity index (χ1) is 57.2. The number of carbonyl (C=O) groups is 3. The molecule has 0 bridgehead atoms. The molecular weight excluding hydrogens is 1510 g/mol. The Hall–Kier alpha value is -5.35. The van der Waals surface area contributed by atoms with Gasteiger partial charge in [0.05, 0.1) is 26.4 Å². The Bertz CT molecular complexity index is 2860. The van der Waals surface area contributed by atoms with E-state index in [2.05, 4.69) is 203 Å². The van der Waals surface area contributed by atoms with Gasteiger partial charge in [-0.05, 0) is 154 Å². The van der Waals surface area contributed by atoms with Crippen LogP contribution in [-0.4, -0.2) is 95.9 Å². The SMILES string of the molecule is CC/C=C\C/C=C\C/C=C\C/C=C\C/C=C\C/C=C\CCCCCCCCCCCCCCCCC(=O)OCC(O)COP(=O)(O)OCC(O)COP(=O)(O)OCC(COC(=O)CCCCCCCCCCCCCCCC/C=C\C/C=C\C/C=C\C/C=C\C/C=C\C/C=C\CC)OC(=O)CCCCCCC/C=C\C/C=C\C/C=C\CC. The predicted octanol–water partition coefficient (Wildman–Crippen LogP) is 28.4. The average molecular weight is 1670 g/mol. The molecule has 0 rings (SSSR count). The van der Waals surface area contributed by atoms with Crippen LogP contribution in [0.25, 0.3) is 0 Å². The molecule has 0 aliphatic rings.